The molecule has 1 aliphatic rings. The number of halogens is 1. The van der Waals surface area contributed by atoms with Crippen LogP contribution in [-0.2, 0) is 24.8 Å². The zero-order valence-electron chi connectivity index (χ0n) is 21.2. The molecule has 10 nitrogen and oxygen atoms in total. The third-order valence-corrected chi connectivity index (χ3v) is 9.60. The van der Waals surface area contributed by atoms with Crippen LogP contribution < -0.4 is 19.7 Å². The van der Waals surface area contributed by atoms with Crippen molar-refractivity contribution in [3.8, 4) is 5.75 Å². The van der Waals surface area contributed by atoms with Gasteiger partial charge < -0.3 is 15.0 Å². The van der Waals surface area contributed by atoms with Gasteiger partial charge in [0.2, 0.25) is 26.0 Å². The molecule has 1 saturated heterocycles. The number of piperazine rings is 1. The Morgan fingerprint density at radius 1 is 0.872 bits per heavy atom. The number of hydrogen-bond acceptors (Lipinski definition) is 7. The minimum absolute atomic E-state index is 0.109. The van der Waals surface area contributed by atoms with Gasteiger partial charge in [-0.05, 0) is 60.7 Å². The Balaban J connectivity index is 1.29. The fraction of sp³-hybridized carbons (Fsp3) is 0.269. The molecule has 0 radical (unpaired) electrons. The zero-order valence-corrected chi connectivity index (χ0v) is 22.8. The maximum absolute atomic E-state index is 13.2. The summed E-state index contributed by atoms with van der Waals surface area (Å²) in [6, 6.07) is 17.8. The number of carbonyl (C=O) groups is 1. The molecule has 1 heterocycles. The van der Waals surface area contributed by atoms with Crippen LogP contribution >= 0.6 is 0 Å². The van der Waals surface area contributed by atoms with Crippen molar-refractivity contribution >= 4 is 37.3 Å². The van der Waals surface area contributed by atoms with Gasteiger partial charge in [0.05, 0.1) is 22.6 Å². The first-order valence-electron chi connectivity index (χ1n) is 12.1. The zero-order chi connectivity index (χ0) is 28.0. The number of ether oxygens (including phenoxy) is 1. The highest BCUT2D eigenvalue weighted by atomic mass is 32.2. The van der Waals surface area contributed by atoms with Gasteiger partial charge in [0, 0.05) is 44.8 Å². The van der Waals surface area contributed by atoms with Crippen LogP contribution in [0.25, 0.3) is 0 Å². The van der Waals surface area contributed by atoms with E-state index >= 15 is 0 Å². The maximum Gasteiger partial charge on any atom is 0.243 e. The molecular formula is C26H29FN4O6S2. The fourth-order valence-electron chi connectivity index (χ4n) is 4.14. The molecule has 1 amide bonds. The Bertz CT molecular complexity index is 1510. The highest BCUT2D eigenvalue weighted by Crippen LogP contribution is 2.29. The quantitative estimate of drug-likeness (QED) is 0.380. The Hall–Kier alpha value is -3.52. The molecule has 3 aromatic carbocycles. The summed E-state index contributed by atoms with van der Waals surface area (Å²) >= 11 is 0. The van der Waals surface area contributed by atoms with E-state index in [9.17, 15) is 26.0 Å². The number of anilines is 2. The summed E-state index contributed by atoms with van der Waals surface area (Å²) in [7, 11) is -6.00. The van der Waals surface area contributed by atoms with E-state index in [1.165, 1.54) is 28.6 Å². The Kier molecular flexibility index (Phi) is 8.85. The molecule has 0 unspecified atom stereocenters. The van der Waals surface area contributed by atoms with Crippen molar-refractivity contribution < 1.29 is 30.8 Å². The molecule has 0 atom stereocenters. The minimum atomic E-state index is -3.88. The topological polar surface area (TPSA) is 125 Å². The van der Waals surface area contributed by atoms with E-state index in [4.69, 9.17) is 4.74 Å². The Morgan fingerprint density at radius 2 is 1.49 bits per heavy atom. The second-order valence-electron chi connectivity index (χ2n) is 8.74. The summed E-state index contributed by atoms with van der Waals surface area (Å²) in [5.41, 5.74) is 1.29. The molecule has 3 aromatic rings. The molecule has 208 valence electrons. The average molecular weight is 577 g/mol. The summed E-state index contributed by atoms with van der Waals surface area (Å²) in [5.74, 6) is -0.282. The Labute approximate surface area is 227 Å². The molecule has 2 N–H and O–H groups in total. The molecule has 0 saturated carbocycles. The summed E-state index contributed by atoms with van der Waals surface area (Å²) in [6.45, 7) is 1.48. The maximum atomic E-state index is 13.2. The smallest absolute Gasteiger partial charge is 0.243 e. The van der Waals surface area contributed by atoms with E-state index in [-0.39, 0.29) is 22.8 Å². The van der Waals surface area contributed by atoms with Gasteiger partial charge in [-0.2, -0.15) is 4.31 Å². The van der Waals surface area contributed by atoms with Crippen LogP contribution in [0.1, 0.15) is 6.42 Å². The van der Waals surface area contributed by atoms with Gasteiger partial charge in [-0.1, -0.05) is 12.1 Å². The fourth-order valence-corrected chi connectivity index (χ4v) is 6.59. The first-order valence-corrected chi connectivity index (χ1v) is 15.1. The minimum Gasteiger partial charge on any atom is -0.495 e. The highest BCUT2D eigenvalue weighted by molar-refractivity contribution is 7.89. The lowest BCUT2D eigenvalue weighted by Crippen LogP contribution is -2.48. The van der Waals surface area contributed by atoms with Gasteiger partial charge in [0.15, 0.2) is 0 Å². The molecule has 1 fully saturated rings. The second-order valence-corrected chi connectivity index (χ2v) is 12.4. The number of sulfonamides is 2. The van der Waals surface area contributed by atoms with Gasteiger partial charge in [0.1, 0.15) is 11.6 Å². The van der Waals surface area contributed by atoms with E-state index in [0.717, 1.165) is 35.7 Å². The third-order valence-electron chi connectivity index (χ3n) is 6.21. The number of para-hydroxylation sites is 2. The monoisotopic (exact) mass is 576 g/mol. The summed E-state index contributed by atoms with van der Waals surface area (Å²) in [6.07, 6.45) is -0.156. The van der Waals surface area contributed by atoms with Crippen molar-refractivity contribution in [2.24, 2.45) is 0 Å². The number of benzene rings is 3. The molecule has 1 aliphatic heterocycles. The summed E-state index contributed by atoms with van der Waals surface area (Å²) in [4.78, 5) is 14.4. The summed E-state index contributed by atoms with van der Waals surface area (Å²) in [5, 5.41) is 2.62. The van der Waals surface area contributed by atoms with Gasteiger partial charge >= 0.3 is 0 Å². The normalized spacial score (nSPS) is 14.7. The number of nitrogens with zero attached hydrogens (tertiary/aromatic N) is 2. The second kappa shape index (κ2) is 12.1. The molecule has 0 aromatic heterocycles. The van der Waals surface area contributed by atoms with Crippen molar-refractivity contribution in [2.45, 2.75) is 16.2 Å². The number of nitrogens with one attached hydrogen (secondary N) is 2. The average Bonchev–Trinajstić information content (AvgIpc) is 2.93. The van der Waals surface area contributed by atoms with E-state index in [2.05, 4.69) is 14.9 Å². The van der Waals surface area contributed by atoms with Crippen molar-refractivity contribution in [1.82, 2.24) is 9.03 Å². The first kappa shape index (κ1) is 28.5. The molecule has 39 heavy (non-hydrogen) atoms. The number of hydrogen-bond donors (Lipinski definition) is 2. The van der Waals surface area contributed by atoms with Crippen LogP contribution in [0.3, 0.4) is 0 Å². The van der Waals surface area contributed by atoms with Gasteiger partial charge in [-0.15, -0.1) is 0 Å². The lowest BCUT2D eigenvalue weighted by Gasteiger charge is -2.35. The van der Waals surface area contributed by atoms with E-state index in [1.807, 2.05) is 24.3 Å². The highest BCUT2D eigenvalue weighted by Gasteiger charge is 2.29. The summed E-state index contributed by atoms with van der Waals surface area (Å²) < 4.78 is 72.9. The van der Waals surface area contributed by atoms with E-state index in [1.54, 1.807) is 7.11 Å². The molecule has 0 spiro atoms. The Morgan fingerprint density at radius 3 is 2.13 bits per heavy atom. The lowest BCUT2D eigenvalue weighted by molar-refractivity contribution is -0.116. The van der Waals surface area contributed by atoms with Crippen LogP contribution in [-0.4, -0.2) is 66.9 Å². The van der Waals surface area contributed by atoms with Gasteiger partial charge in [0.25, 0.3) is 0 Å². The predicted molar refractivity (Wildman–Crippen MR) is 145 cm³/mol. The predicted octanol–water partition coefficient (Wildman–Crippen LogP) is 2.65. The molecular weight excluding hydrogens is 547 g/mol. The van der Waals surface area contributed by atoms with Crippen LogP contribution in [0.15, 0.2) is 82.6 Å². The van der Waals surface area contributed by atoms with E-state index < -0.39 is 31.8 Å². The number of amides is 1. The molecule has 0 bridgehead atoms. The van der Waals surface area contributed by atoms with Crippen molar-refractivity contribution in [1.29, 1.82) is 0 Å². The molecule has 13 heteroatoms. The largest absolute Gasteiger partial charge is 0.495 e. The number of methoxy groups -OCH3 is 1. The van der Waals surface area contributed by atoms with Crippen molar-refractivity contribution in [2.75, 3.05) is 50.1 Å². The van der Waals surface area contributed by atoms with Gasteiger partial charge in [-0.25, -0.2) is 25.9 Å². The SMILES string of the molecule is COc1ccccc1N1CCN(S(=O)(=O)c2ccc(NC(=O)CCNS(=O)(=O)c3ccc(F)cc3)cc2)CC1. The third kappa shape index (κ3) is 6.92. The van der Waals surface area contributed by atoms with Crippen LogP contribution in [0.2, 0.25) is 0 Å². The van der Waals surface area contributed by atoms with Crippen LogP contribution in [0, 0.1) is 5.82 Å². The molecule has 4 rings (SSSR count). The van der Waals surface area contributed by atoms with Crippen LogP contribution in [0.5, 0.6) is 5.75 Å². The standard InChI is InChI=1S/C26H29FN4O6S2/c1-37-25-5-3-2-4-24(25)30-16-18-31(19-17-30)39(35,36)23-12-8-21(9-13-23)29-26(32)14-15-28-38(33,34)22-10-6-20(27)7-11-22/h2-13,28H,14-19H2,1H3,(H,29,32). The number of carbonyl (C=O) groups excluding carboxylic acids is 1. The lowest BCUT2D eigenvalue weighted by atomic mass is 10.2. The molecule has 0 aliphatic carbocycles. The van der Waals surface area contributed by atoms with E-state index in [0.29, 0.717) is 31.9 Å². The van der Waals surface area contributed by atoms with Crippen LogP contribution in [0.4, 0.5) is 15.8 Å². The van der Waals surface area contributed by atoms with Crippen molar-refractivity contribution in [3.63, 3.8) is 0 Å². The van der Waals surface area contributed by atoms with Crippen molar-refractivity contribution in [3.05, 3.63) is 78.6 Å². The van der Waals surface area contributed by atoms with Gasteiger partial charge in [-0.3, -0.25) is 4.79 Å². The number of rotatable bonds is 10. The first-order chi connectivity index (χ1) is 18.6.